The van der Waals surface area contributed by atoms with Gasteiger partial charge in [-0.15, -0.1) is 0 Å². The van der Waals surface area contributed by atoms with Crippen LogP contribution in [-0.2, 0) is 6.42 Å². The zero-order valence-electron chi connectivity index (χ0n) is 8.33. The van der Waals surface area contributed by atoms with E-state index in [4.69, 9.17) is 17.3 Å². The molecule has 0 unspecified atom stereocenters. The molecule has 0 aliphatic heterocycles. The van der Waals surface area contributed by atoms with E-state index in [9.17, 15) is 0 Å². The van der Waals surface area contributed by atoms with E-state index in [-0.39, 0.29) is 0 Å². The van der Waals surface area contributed by atoms with Crippen LogP contribution < -0.4 is 5.73 Å². The molecule has 0 spiro atoms. The summed E-state index contributed by atoms with van der Waals surface area (Å²) in [6, 6.07) is 1.95. The van der Waals surface area contributed by atoms with E-state index >= 15 is 0 Å². The largest absolute Gasteiger partial charge is 0.330 e. The highest BCUT2D eigenvalue weighted by molar-refractivity contribution is 6.31. The second-order valence-corrected chi connectivity index (χ2v) is 3.68. The van der Waals surface area contributed by atoms with Crippen molar-refractivity contribution in [2.75, 3.05) is 6.54 Å². The molecule has 3 heteroatoms. The Morgan fingerprint density at radius 2 is 2.43 bits per heavy atom. The Balaban J connectivity index is 2.64. The van der Waals surface area contributed by atoms with Gasteiger partial charge in [-0.2, -0.15) is 0 Å². The second-order valence-electron chi connectivity index (χ2n) is 3.27. The predicted octanol–water partition coefficient (Wildman–Crippen LogP) is 2.57. The van der Waals surface area contributed by atoms with Gasteiger partial charge < -0.3 is 5.73 Å². The molecule has 1 heterocycles. The van der Waals surface area contributed by atoms with Crippen molar-refractivity contribution in [3.63, 3.8) is 0 Å². The Kier molecular flexibility index (Phi) is 4.63. The zero-order chi connectivity index (χ0) is 10.4. The van der Waals surface area contributed by atoms with Crippen LogP contribution in [0.15, 0.2) is 30.1 Å². The van der Waals surface area contributed by atoms with Crippen molar-refractivity contribution in [2.24, 2.45) is 5.73 Å². The van der Waals surface area contributed by atoms with E-state index < -0.39 is 0 Å². The maximum Gasteiger partial charge on any atom is 0.0624 e. The standard InChI is InChI=1S/C11H15ClN2/c1-9(3-2-5-13)7-10-4-6-14-8-11(10)12/h3-4,6,8H,2,5,7,13H2,1H3. The third-order valence-electron chi connectivity index (χ3n) is 1.99. The summed E-state index contributed by atoms with van der Waals surface area (Å²) >= 11 is 5.99. The summed E-state index contributed by atoms with van der Waals surface area (Å²) in [5.41, 5.74) is 7.83. The van der Waals surface area contributed by atoms with Gasteiger partial charge in [-0.1, -0.05) is 23.3 Å². The topological polar surface area (TPSA) is 38.9 Å². The molecular weight excluding hydrogens is 196 g/mol. The molecule has 1 aromatic rings. The van der Waals surface area contributed by atoms with Crippen LogP contribution in [0.3, 0.4) is 0 Å². The van der Waals surface area contributed by atoms with E-state index in [0.29, 0.717) is 6.54 Å². The third kappa shape index (κ3) is 3.48. The minimum Gasteiger partial charge on any atom is -0.330 e. The van der Waals surface area contributed by atoms with Gasteiger partial charge in [0.05, 0.1) is 5.02 Å². The van der Waals surface area contributed by atoms with Crippen LogP contribution in [0, 0.1) is 0 Å². The molecule has 2 nitrogen and oxygen atoms in total. The average molecular weight is 211 g/mol. The molecule has 0 radical (unpaired) electrons. The van der Waals surface area contributed by atoms with Crippen molar-refractivity contribution in [3.05, 3.63) is 40.7 Å². The monoisotopic (exact) mass is 210 g/mol. The van der Waals surface area contributed by atoms with E-state index in [1.54, 1.807) is 12.4 Å². The fourth-order valence-corrected chi connectivity index (χ4v) is 1.44. The van der Waals surface area contributed by atoms with E-state index in [0.717, 1.165) is 23.4 Å². The number of nitrogens with zero attached hydrogens (tertiary/aromatic N) is 1. The van der Waals surface area contributed by atoms with Crippen LogP contribution in [0.25, 0.3) is 0 Å². The molecule has 0 fully saturated rings. The lowest BCUT2D eigenvalue weighted by molar-refractivity contribution is 0.980. The summed E-state index contributed by atoms with van der Waals surface area (Å²) in [6.07, 6.45) is 7.39. The first-order valence-corrected chi connectivity index (χ1v) is 5.06. The lowest BCUT2D eigenvalue weighted by Gasteiger charge is -2.03. The van der Waals surface area contributed by atoms with Gasteiger partial charge in [0.25, 0.3) is 0 Å². The molecule has 0 aliphatic rings. The van der Waals surface area contributed by atoms with Gasteiger partial charge in [-0.3, -0.25) is 4.98 Å². The maximum atomic E-state index is 5.99. The highest BCUT2D eigenvalue weighted by Gasteiger charge is 1.99. The number of aromatic nitrogens is 1. The van der Waals surface area contributed by atoms with Gasteiger partial charge in [0, 0.05) is 12.4 Å². The molecule has 0 atom stereocenters. The number of hydrogen-bond acceptors (Lipinski definition) is 2. The van der Waals surface area contributed by atoms with Crippen LogP contribution in [0.5, 0.6) is 0 Å². The van der Waals surface area contributed by atoms with Crippen LogP contribution in [-0.4, -0.2) is 11.5 Å². The maximum absolute atomic E-state index is 5.99. The number of halogens is 1. The van der Waals surface area contributed by atoms with Crippen molar-refractivity contribution in [2.45, 2.75) is 19.8 Å². The molecule has 0 saturated heterocycles. The summed E-state index contributed by atoms with van der Waals surface area (Å²) in [6.45, 7) is 2.79. The van der Waals surface area contributed by atoms with E-state index in [1.165, 1.54) is 5.57 Å². The van der Waals surface area contributed by atoms with Gasteiger partial charge >= 0.3 is 0 Å². The molecule has 0 bridgehead atoms. The first-order chi connectivity index (χ1) is 6.74. The molecule has 0 aliphatic carbocycles. The summed E-state index contributed by atoms with van der Waals surface area (Å²) in [5, 5.41) is 0.730. The molecule has 0 aromatic carbocycles. The summed E-state index contributed by atoms with van der Waals surface area (Å²) in [4.78, 5) is 3.94. The number of allylic oxidation sites excluding steroid dienone is 1. The molecule has 2 N–H and O–H groups in total. The molecule has 76 valence electrons. The third-order valence-corrected chi connectivity index (χ3v) is 2.33. The van der Waals surface area contributed by atoms with Crippen LogP contribution in [0.2, 0.25) is 5.02 Å². The fourth-order valence-electron chi connectivity index (χ4n) is 1.25. The van der Waals surface area contributed by atoms with Gasteiger partial charge in [-0.25, -0.2) is 0 Å². The quantitative estimate of drug-likeness (QED) is 0.776. The number of pyridine rings is 1. The van der Waals surface area contributed by atoms with Gasteiger partial charge in [0.2, 0.25) is 0 Å². The van der Waals surface area contributed by atoms with Crippen molar-refractivity contribution in [3.8, 4) is 0 Å². The summed E-state index contributed by atoms with van der Waals surface area (Å²) in [7, 11) is 0. The Morgan fingerprint density at radius 1 is 1.64 bits per heavy atom. The second kappa shape index (κ2) is 5.78. The van der Waals surface area contributed by atoms with Crippen molar-refractivity contribution in [1.29, 1.82) is 0 Å². The highest BCUT2D eigenvalue weighted by atomic mass is 35.5. The number of rotatable bonds is 4. The number of nitrogens with two attached hydrogens (primary N) is 1. The van der Waals surface area contributed by atoms with Crippen molar-refractivity contribution in [1.82, 2.24) is 4.98 Å². The molecule has 0 amide bonds. The van der Waals surface area contributed by atoms with E-state index in [2.05, 4.69) is 18.0 Å². The molecule has 1 aromatic heterocycles. The Morgan fingerprint density at radius 3 is 3.07 bits per heavy atom. The molecule has 14 heavy (non-hydrogen) atoms. The molecular formula is C11H15ClN2. The fraction of sp³-hybridized carbons (Fsp3) is 0.364. The SMILES string of the molecule is CC(=CCCN)Cc1ccncc1Cl. The minimum atomic E-state index is 0.696. The molecule has 1 rings (SSSR count). The normalized spacial score (nSPS) is 11.8. The van der Waals surface area contributed by atoms with Crippen molar-refractivity contribution >= 4 is 11.6 Å². The van der Waals surface area contributed by atoms with Gasteiger partial charge in [0.1, 0.15) is 0 Å². The lowest BCUT2D eigenvalue weighted by atomic mass is 10.1. The Bertz CT molecular complexity index is 321. The number of hydrogen-bond donors (Lipinski definition) is 1. The average Bonchev–Trinajstić information content (AvgIpc) is 2.18. The summed E-state index contributed by atoms with van der Waals surface area (Å²) < 4.78 is 0. The predicted molar refractivity (Wildman–Crippen MR) is 60.4 cm³/mol. The molecule has 0 saturated carbocycles. The van der Waals surface area contributed by atoms with Gasteiger partial charge in [0.15, 0.2) is 0 Å². The van der Waals surface area contributed by atoms with Gasteiger partial charge in [-0.05, 0) is 37.9 Å². The van der Waals surface area contributed by atoms with Crippen LogP contribution in [0.1, 0.15) is 18.9 Å². The van der Waals surface area contributed by atoms with Crippen LogP contribution >= 0.6 is 11.6 Å². The lowest BCUT2D eigenvalue weighted by Crippen LogP contribution is -1.97. The first kappa shape index (κ1) is 11.2. The Hall–Kier alpha value is -0.860. The zero-order valence-corrected chi connectivity index (χ0v) is 9.09. The van der Waals surface area contributed by atoms with Crippen molar-refractivity contribution < 1.29 is 0 Å². The van der Waals surface area contributed by atoms with Crippen LogP contribution in [0.4, 0.5) is 0 Å². The first-order valence-electron chi connectivity index (χ1n) is 4.68. The highest BCUT2D eigenvalue weighted by Crippen LogP contribution is 2.17. The van der Waals surface area contributed by atoms with E-state index in [1.807, 2.05) is 6.07 Å². The smallest absolute Gasteiger partial charge is 0.0624 e. The Labute approximate surface area is 89.8 Å². The minimum absolute atomic E-state index is 0.696. The summed E-state index contributed by atoms with van der Waals surface area (Å²) in [5.74, 6) is 0.